The average molecular weight is 233 g/mol. The molecule has 0 saturated carbocycles. The lowest BCUT2D eigenvalue weighted by Gasteiger charge is -2.27. The number of aliphatic hydroxyl groups is 1. The van der Waals surface area contributed by atoms with E-state index in [1.165, 1.54) is 5.56 Å². The van der Waals surface area contributed by atoms with Gasteiger partial charge in [-0.3, -0.25) is 0 Å². The molecular weight excluding hydrogens is 210 g/mol. The highest BCUT2D eigenvalue weighted by Crippen LogP contribution is 2.32. The molecule has 1 aromatic rings. The molecule has 2 heteroatoms. The molecule has 1 atom stereocenters. The van der Waals surface area contributed by atoms with Crippen molar-refractivity contribution in [2.24, 2.45) is 0 Å². The van der Waals surface area contributed by atoms with Gasteiger partial charge in [0.15, 0.2) is 0 Å². The lowest BCUT2D eigenvalue weighted by molar-refractivity contribution is 0.0218. The van der Waals surface area contributed by atoms with Crippen molar-refractivity contribution >= 4 is 0 Å². The van der Waals surface area contributed by atoms with Crippen LogP contribution in [0.3, 0.4) is 0 Å². The van der Waals surface area contributed by atoms with Crippen LogP contribution in [0.1, 0.15) is 37.3 Å². The Morgan fingerprint density at radius 2 is 1.88 bits per heavy atom. The van der Waals surface area contributed by atoms with E-state index in [2.05, 4.69) is 43.1 Å². The fourth-order valence-electron chi connectivity index (χ4n) is 2.59. The van der Waals surface area contributed by atoms with Crippen LogP contribution < -0.4 is 0 Å². The van der Waals surface area contributed by atoms with E-state index >= 15 is 0 Å². The fraction of sp³-hybridized carbons (Fsp3) is 0.600. The van der Waals surface area contributed by atoms with Crippen molar-refractivity contribution in [3.63, 3.8) is 0 Å². The summed E-state index contributed by atoms with van der Waals surface area (Å²) in [4.78, 5) is 2.30. The van der Waals surface area contributed by atoms with Crippen LogP contribution in [0, 0.1) is 0 Å². The zero-order valence-corrected chi connectivity index (χ0v) is 10.9. The molecule has 1 aromatic carbocycles. The van der Waals surface area contributed by atoms with Crippen molar-refractivity contribution in [3.8, 4) is 0 Å². The Morgan fingerprint density at radius 1 is 1.18 bits per heavy atom. The van der Waals surface area contributed by atoms with Gasteiger partial charge in [0.05, 0.1) is 5.60 Å². The first-order valence-corrected chi connectivity index (χ1v) is 6.64. The molecule has 1 saturated heterocycles. The van der Waals surface area contributed by atoms with Gasteiger partial charge in [-0.15, -0.1) is 0 Å². The van der Waals surface area contributed by atoms with Gasteiger partial charge in [0, 0.05) is 6.54 Å². The number of likely N-dealkylation sites (tertiary alicyclic amines) is 1. The highest BCUT2D eigenvalue weighted by molar-refractivity contribution is 5.27. The molecule has 0 amide bonds. The first kappa shape index (κ1) is 12.6. The Bertz CT molecular complexity index is 360. The SMILES string of the molecule is CCc1ccc(C2(O)CCCN(C)CC2)cc1. The molecule has 1 fully saturated rings. The van der Waals surface area contributed by atoms with Crippen LogP contribution in [0.5, 0.6) is 0 Å². The summed E-state index contributed by atoms with van der Waals surface area (Å²) in [7, 11) is 2.13. The number of nitrogens with zero attached hydrogens (tertiary/aromatic N) is 1. The van der Waals surface area contributed by atoms with Gasteiger partial charge in [-0.05, 0) is 50.4 Å². The van der Waals surface area contributed by atoms with E-state index in [9.17, 15) is 5.11 Å². The minimum absolute atomic E-state index is 0.614. The van der Waals surface area contributed by atoms with E-state index in [4.69, 9.17) is 0 Å². The summed E-state index contributed by atoms with van der Waals surface area (Å²) in [6, 6.07) is 8.48. The van der Waals surface area contributed by atoms with Crippen molar-refractivity contribution in [3.05, 3.63) is 35.4 Å². The van der Waals surface area contributed by atoms with E-state index in [0.29, 0.717) is 0 Å². The van der Waals surface area contributed by atoms with E-state index in [1.54, 1.807) is 0 Å². The standard InChI is InChI=1S/C15H23NO/c1-3-13-5-7-14(8-6-13)15(17)9-4-11-16(2)12-10-15/h5-8,17H,3-4,9-12H2,1-2H3. The monoisotopic (exact) mass is 233 g/mol. The largest absolute Gasteiger partial charge is 0.385 e. The molecule has 2 nitrogen and oxygen atoms in total. The van der Waals surface area contributed by atoms with Gasteiger partial charge in [-0.1, -0.05) is 31.2 Å². The van der Waals surface area contributed by atoms with Crippen molar-refractivity contribution in [1.29, 1.82) is 0 Å². The molecule has 1 aliphatic heterocycles. The lowest BCUT2D eigenvalue weighted by Crippen LogP contribution is -2.27. The fourth-order valence-corrected chi connectivity index (χ4v) is 2.59. The first-order chi connectivity index (χ1) is 8.14. The third kappa shape index (κ3) is 2.88. The van der Waals surface area contributed by atoms with E-state index in [1.807, 2.05) is 0 Å². The third-order valence-electron chi connectivity index (χ3n) is 3.94. The van der Waals surface area contributed by atoms with Crippen LogP contribution in [0.15, 0.2) is 24.3 Å². The second-order valence-corrected chi connectivity index (χ2v) is 5.24. The van der Waals surface area contributed by atoms with E-state index in [-0.39, 0.29) is 0 Å². The Balaban J connectivity index is 2.17. The zero-order chi connectivity index (χ0) is 12.3. The van der Waals surface area contributed by atoms with Crippen LogP contribution in [0.25, 0.3) is 0 Å². The Morgan fingerprint density at radius 3 is 2.53 bits per heavy atom. The predicted octanol–water partition coefficient (Wildman–Crippen LogP) is 2.55. The quantitative estimate of drug-likeness (QED) is 0.848. The second kappa shape index (κ2) is 5.19. The minimum Gasteiger partial charge on any atom is -0.385 e. The smallest absolute Gasteiger partial charge is 0.0909 e. The van der Waals surface area contributed by atoms with Gasteiger partial charge in [-0.2, -0.15) is 0 Å². The maximum absolute atomic E-state index is 10.8. The van der Waals surface area contributed by atoms with Crippen LogP contribution in [-0.2, 0) is 12.0 Å². The van der Waals surface area contributed by atoms with Gasteiger partial charge in [0.1, 0.15) is 0 Å². The Labute approximate surface area is 104 Å². The average Bonchev–Trinajstić information content (AvgIpc) is 2.53. The van der Waals surface area contributed by atoms with Crippen LogP contribution >= 0.6 is 0 Å². The van der Waals surface area contributed by atoms with Gasteiger partial charge >= 0.3 is 0 Å². The maximum atomic E-state index is 10.8. The summed E-state index contributed by atoms with van der Waals surface area (Å²) < 4.78 is 0. The van der Waals surface area contributed by atoms with Crippen LogP contribution in [0.4, 0.5) is 0 Å². The number of hydrogen-bond donors (Lipinski definition) is 1. The number of hydrogen-bond acceptors (Lipinski definition) is 2. The van der Waals surface area contributed by atoms with Crippen molar-refractivity contribution in [2.45, 2.75) is 38.2 Å². The highest BCUT2D eigenvalue weighted by atomic mass is 16.3. The molecule has 0 spiro atoms. The molecule has 0 radical (unpaired) electrons. The molecule has 0 bridgehead atoms. The molecular formula is C15H23NO. The number of aryl methyl sites for hydroxylation is 1. The Kier molecular flexibility index (Phi) is 3.85. The topological polar surface area (TPSA) is 23.5 Å². The minimum atomic E-state index is -0.614. The molecule has 0 aliphatic carbocycles. The summed E-state index contributed by atoms with van der Waals surface area (Å²) in [5.41, 5.74) is 1.81. The molecule has 1 heterocycles. The van der Waals surface area contributed by atoms with Crippen molar-refractivity contribution < 1.29 is 5.11 Å². The number of rotatable bonds is 2. The summed E-state index contributed by atoms with van der Waals surface area (Å²) in [5.74, 6) is 0. The van der Waals surface area contributed by atoms with Crippen molar-refractivity contribution in [2.75, 3.05) is 20.1 Å². The van der Waals surface area contributed by atoms with Gasteiger partial charge < -0.3 is 10.0 Å². The van der Waals surface area contributed by atoms with Gasteiger partial charge in [-0.25, -0.2) is 0 Å². The number of benzene rings is 1. The maximum Gasteiger partial charge on any atom is 0.0909 e. The van der Waals surface area contributed by atoms with Gasteiger partial charge in [0.2, 0.25) is 0 Å². The summed E-state index contributed by atoms with van der Waals surface area (Å²) in [6.07, 6.45) is 3.85. The zero-order valence-electron chi connectivity index (χ0n) is 10.9. The van der Waals surface area contributed by atoms with E-state index in [0.717, 1.165) is 44.3 Å². The molecule has 1 unspecified atom stereocenters. The second-order valence-electron chi connectivity index (χ2n) is 5.24. The van der Waals surface area contributed by atoms with Crippen LogP contribution in [0.2, 0.25) is 0 Å². The highest BCUT2D eigenvalue weighted by Gasteiger charge is 2.30. The molecule has 17 heavy (non-hydrogen) atoms. The first-order valence-electron chi connectivity index (χ1n) is 6.64. The predicted molar refractivity (Wildman–Crippen MR) is 71.1 cm³/mol. The molecule has 2 rings (SSSR count). The summed E-state index contributed by atoms with van der Waals surface area (Å²) in [6.45, 7) is 4.23. The Hall–Kier alpha value is -0.860. The third-order valence-corrected chi connectivity index (χ3v) is 3.94. The molecule has 94 valence electrons. The normalized spacial score (nSPS) is 26.8. The molecule has 1 aliphatic rings. The molecule has 1 N–H and O–H groups in total. The summed E-state index contributed by atoms with van der Waals surface area (Å²) in [5, 5.41) is 10.8. The van der Waals surface area contributed by atoms with Crippen LogP contribution in [-0.4, -0.2) is 30.1 Å². The van der Waals surface area contributed by atoms with Gasteiger partial charge in [0.25, 0.3) is 0 Å². The molecule has 0 aromatic heterocycles. The van der Waals surface area contributed by atoms with E-state index < -0.39 is 5.60 Å². The lowest BCUT2D eigenvalue weighted by atomic mass is 9.86. The summed E-state index contributed by atoms with van der Waals surface area (Å²) >= 11 is 0. The van der Waals surface area contributed by atoms with Crippen molar-refractivity contribution in [1.82, 2.24) is 4.90 Å².